The SMILES string of the molecule is CCC(NC(=O)C(C)CNC)c1ccccc1OC(F)F.Cl. The van der Waals surface area contributed by atoms with Gasteiger partial charge in [0.25, 0.3) is 0 Å². The number of carbonyl (C=O) groups is 1. The third-order valence-electron chi connectivity index (χ3n) is 3.19. The van der Waals surface area contributed by atoms with Crippen molar-refractivity contribution in [3.05, 3.63) is 29.8 Å². The summed E-state index contributed by atoms with van der Waals surface area (Å²) < 4.78 is 29.4. The van der Waals surface area contributed by atoms with Crippen LogP contribution in [0.25, 0.3) is 0 Å². The van der Waals surface area contributed by atoms with E-state index >= 15 is 0 Å². The molecule has 2 N–H and O–H groups in total. The third-order valence-corrected chi connectivity index (χ3v) is 3.19. The first kappa shape index (κ1) is 20.6. The Kier molecular flexibility index (Phi) is 9.69. The Bertz CT molecular complexity index is 461. The van der Waals surface area contributed by atoms with Crippen molar-refractivity contribution in [1.29, 1.82) is 0 Å². The van der Waals surface area contributed by atoms with Crippen molar-refractivity contribution in [2.45, 2.75) is 32.9 Å². The largest absolute Gasteiger partial charge is 0.434 e. The maximum absolute atomic E-state index is 12.4. The molecule has 7 heteroatoms. The van der Waals surface area contributed by atoms with E-state index in [9.17, 15) is 13.6 Å². The first-order chi connectivity index (χ1) is 9.99. The predicted octanol–water partition coefficient (Wildman–Crippen LogP) is 3.13. The van der Waals surface area contributed by atoms with Gasteiger partial charge in [-0.1, -0.05) is 32.0 Å². The molecule has 0 saturated heterocycles. The van der Waals surface area contributed by atoms with Gasteiger partial charge in [0, 0.05) is 18.0 Å². The normalized spacial score (nSPS) is 13.2. The summed E-state index contributed by atoms with van der Waals surface area (Å²) in [7, 11) is 1.77. The van der Waals surface area contributed by atoms with Crippen molar-refractivity contribution >= 4 is 18.3 Å². The van der Waals surface area contributed by atoms with Gasteiger partial charge in [0.05, 0.1) is 6.04 Å². The average Bonchev–Trinajstić information content (AvgIpc) is 2.45. The number of nitrogens with one attached hydrogen (secondary N) is 2. The van der Waals surface area contributed by atoms with Crippen LogP contribution in [0.1, 0.15) is 31.9 Å². The maximum Gasteiger partial charge on any atom is 0.387 e. The number of amides is 1. The van der Waals surface area contributed by atoms with Crippen molar-refractivity contribution in [2.75, 3.05) is 13.6 Å². The van der Waals surface area contributed by atoms with E-state index in [1.165, 1.54) is 6.07 Å². The first-order valence-electron chi connectivity index (χ1n) is 6.98. The first-order valence-corrected chi connectivity index (χ1v) is 6.98. The van der Waals surface area contributed by atoms with E-state index in [0.29, 0.717) is 18.5 Å². The van der Waals surface area contributed by atoms with Crippen LogP contribution in [-0.2, 0) is 4.79 Å². The fourth-order valence-corrected chi connectivity index (χ4v) is 2.08. The Morgan fingerprint density at radius 2 is 1.95 bits per heavy atom. The van der Waals surface area contributed by atoms with Crippen molar-refractivity contribution in [1.82, 2.24) is 10.6 Å². The third kappa shape index (κ3) is 6.15. The number of carbonyl (C=O) groups excluding carboxylic acids is 1. The Labute approximate surface area is 136 Å². The summed E-state index contributed by atoms with van der Waals surface area (Å²) in [4.78, 5) is 12.1. The Hall–Kier alpha value is -1.40. The molecule has 0 aromatic heterocycles. The van der Waals surface area contributed by atoms with E-state index < -0.39 is 6.61 Å². The van der Waals surface area contributed by atoms with Gasteiger partial charge in [0.1, 0.15) is 5.75 Å². The molecule has 0 fully saturated rings. The quantitative estimate of drug-likeness (QED) is 0.767. The number of para-hydroxylation sites is 1. The molecule has 0 aliphatic rings. The lowest BCUT2D eigenvalue weighted by Gasteiger charge is -2.22. The zero-order valence-corrected chi connectivity index (χ0v) is 13.8. The molecule has 0 bridgehead atoms. The second-order valence-corrected chi connectivity index (χ2v) is 4.84. The van der Waals surface area contributed by atoms with E-state index in [-0.39, 0.29) is 36.0 Å². The molecule has 0 aliphatic carbocycles. The topological polar surface area (TPSA) is 50.4 Å². The molecule has 1 amide bonds. The van der Waals surface area contributed by atoms with E-state index in [0.717, 1.165) is 0 Å². The van der Waals surface area contributed by atoms with Gasteiger partial charge in [0.15, 0.2) is 0 Å². The Morgan fingerprint density at radius 1 is 1.32 bits per heavy atom. The van der Waals surface area contributed by atoms with Gasteiger partial charge in [-0.25, -0.2) is 0 Å². The van der Waals surface area contributed by atoms with Crippen LogP contribution in [0.5, 0.6) is 5.75 Å². The summed E-state index contributed by atoms with van der Waals surface area (Å²) in [6.07, 6.45) is 0.585. The van der Waals surface area contributed by atoms with Gasteiger partial charge < -0.3 is 15.4 Å². The molecular weight excluding hydrogens is 314 g/mol. The summed E-state index contributed by atoms with van der Waals surface area (Å²) in [5.41, 5.74) is 0.560. The van der Waals surface area contributed by atoms with E-state index in [1.54, 1.807) is 32.2 Å². The zero-order chi connectivity index (χ0) is 15.8. The molecule has 0 heterocycles. The smallest absolute Gasteiger partial charge is 0.387 e. The minimum atomic E-state index is -2.89. The minimum absolute atomic E-state index is 0. The highest BCUT2D eigenvalue weighted by Crippen LogP contribution is 2.28. The summed E-state index contributed by atoms with van der Waals surface area (Å²) in [6, 6.07) is 6.17. The summed E-state index contributed by atoms with van der Waals surface area (Å²) in [6.45, 7) is 1.35. The fraction of sp³-hybridized carbons (Fsp3) is 0.533. The molecule has 0 spiro atoms. The van der Waals surface area contributed by atoms with E-state index in [4.69, 9.17) is 0 Å². The molecule has 1 rings (SSSR count). The predicted molar refractivity (Wildman–Crippen MR) is 84.6 cm³/mol. The van der Waals surface area contributed by atoms with E-state index in [1.807, 2.05) is 6.92 Å². The molecular formula is C15H23ClF2N2O2. The molecule has 0 radical (unpaired) electrons. The standard InChI is InChI=1S/C15H22F2N2O2.ClH/c1-4-12(19-14(20)10(2)9-18-3)11-7-5-6-8-13(11)21-15(16)17;/h5-8,10,12,15,18H,4,9H2,1-3H3,(H,19,20);1H. The number of halogens is 3. The number of hydrogen-bond donors (Lipinski definition) is 2. The number of rotatable bonds is 8. The van der Waals surface area contributed by atoms with Gasteiger partial charge in [-0.05, 0) is 19.5 Å². The monoisotopic (exact) mass is 336 g/mol. The number of hydrogen-bond acceptors (Lipinski definition) is 3. The fourth-order valence-electron chi connectivity index (χ4n) is 2.08. The van der Waals surface area contributed by atoms with Crippen LogP contribution >= 0.6 is 12.4 Å². The highest BCUT2D eigenvalue weighted by molar-refractivity contribution is 5.85. The number of alkyl halides is 2. The lowest BCUT2D eigenvalue weighted by atomic mass is 10.0. The van der Waals surface area contributed by atoms with Gasteiger partial charge in [-0.15, -0.1) is 12.4 Å². The van der Waals surface area contributed by atoms with Crippen LogP contribution in [0.3, 0.4) is 0 Å². The molecule has 1 aromatic rings. The molecule has 22 heavy (non-hydrogen) atoms. The summed E-state index contributed by atoms with van der Waals surface area (Å²) >= 11 is 0. The maximum atomic E-state index is 12.4. The van der Waals surface area contributed by atoms with Crippen LogP contribution in [0.2, 0.25) is 0 Å². The molecule has 4 nitrogen and oxygen atoms in total. The summed E-state index contributed by atoms with van der Waals surface area (Å²) in [5, 5.41) is 5.81. The number of benzene rings is 1. The van der Waals surface area contributed by atoms with Gasteiger partial charge in [-0.3, -0.25) is 4.79 Å². The Balaban J connectivity index is 0.00000441. The van der Waals surface area contributed by atoms with Gasteiger partial charge in [0.2, 0.25) is 5.91 Å². The van der Waals surface area contributed by atoms with Crippen LogP contribution in [0.15, 0.2) is 24.3 Å². The molecule has 0 aliphatic heterocycles. The van der Waals surface area contributed by atoms with Gasteiger partial charge >= 0.3 is 6.61 Å². The molecule has 2 atom stereocenters. The lowest BCUT2D eigenvalue weighted by Crippen LogP contribution is -2.36. The highest BCUT2D eigenvalue weighted by atomic mass is 35.5. The second-order valence-electron chi connectivity index (χ2n) is 4.84. The van der Waals surface area contributed by atoms with Crippen LogP contribution < -0.4 is 15.4 Å². The van der Waals surface area contributed by atoms with Crippen LogP contribution in [-0.4, -0.2) is 26.1 Å². The molecule has 2 unspecified atom stereocenters. The van der Waals surface area contributed by atoms with Crippen molar-refractivity contribution < 1.29 is 18.3 Å². The van der Waals surface area contributed by atoms with Gasteiger partial charge in [-0.2, -0.15) is 8.78 Å². The Morgan fingerprint density at radius 3 is 2.50 bits per heavy atom. The highest BCUT2D eigenvalue weighted by Gasteiger charge is 2.21. The van der Waals surface area contributed by atoms with Crippen molar-refractivity contribution in [3.63, 3.8) is 0 Å². The molecule has 0 saturated carbocycles. The lowest BCUT2D eigenvalue weighted by molar-refractivity contribution is -0.125. The van der Waals surface area contributed by atoms with E-state index in [2.05, 4.69) is 15.4 Å². The van der Waals surface area contributed by atoms with Crippen LogP contribution in [0.4, 0.5) is 8.78 Å². The van der Waals surface area contributed by atoms with Crippen molar-refractivity contribution in [3.8, 4) is 5.75 Å². The van der Waals surface area contributed by atoms with Crippen molar-refractivity contribution in [2.24, 2.45) is 5.92 Å². The summed E-state index contributed by atoms with van der Waals surface area (Å²) in [5.74, 6) is -0.226. The molecule has 126 valence electrons. The second kappa shape index (κ2) is 10.3. The number of ether oxygens (including phenoxy) is 1. The van der Waals surface area contributed by atoms with Crippen LogP contribution in [0, 0.1) is 5.92 Å². The zero-order valence-electron chi connectivity index (χ0n) is 12.9. The average molecular weight is 337 g/mol. The molecule has 1 aromatic carbocycles. The minimum Gasteiger partial charge on any atom is -0.434 e.